The van der Waals surface area contributed by atoms with E-state index in [2.05, 4.69) is 10.5 Å². The Morgan fingerprint density at radius 3 is 2.35 bits per heavy atom. The van der Waals surface area contributed by atoms with Crippen molar-refractivity contribution in [2.75, 3.05) is 4.90 Å². The average Bonchev–Trinajstić information content (AvgIpc) is 3.21. The van der Waals surface area contributed by atoms with Crippen LogP contribution in [0.2, 0.25) is 15.1 Å². The first kappa shape index (κ1) is 26.2. The van der Waals surface area contributed by atoms with Crippen LogP contribution < -0.4 is 10.3 Å². The second-order valence-corrected chi connectivity index (χ2v) is 8.70. The number of alkyl halides is 3. The van der Waals surface area contributed by atoms with Crippen molar-refractivity contribution in [1.29, 1.82) is 5.41 Å². The number of hydrogen-bond acceptors (Lipinski definition) is 4. The summed E-state index contributed by atoms with van der Waals surface area (Å²) in [5, 5.41) is 13.9. The van der Waals surface area contributed by atoms with Crippen LogP contribution in [-0.2, 0) is 4.74 Å². The minimum atomic E-state index is -4.47. The van der Waals surface area contributed by atoms with E-state index in [9.17, 15) is 13.2 Å². The molecule has 1 aliphatic heterocycles. The molecule has 11 heteroatoms. The summed E-state index contributed by atoms with van der Waals surface area (Å²) in [5.74, 6) is -2.18. The van der Waals surface area contributed by atoms with E-state index in [0.717, 1.165) is 0 Å². The molecule has 3 rings (SSSR count). The number of rotatable bonds is 7. The second kappa shape index (κ2) is 10.9. The van der Waals surface area contributed by atoms with Crippen molar-refractivity contribution in [1.82, 2.24) is 5.43 Å². The number of ether oxygens (including phenoxy) is 1. The Balaban J connectivity index is 1.97. The van der Waals surface area contributed by atoms with Gasteiger partial charge >= 0.3 is 6.18 Å². The highest BCUT2D eigenvalue weighted by molar-refractivity contribution is 6.37. The van der Waals surface area contributed by atoms with Crippen LogP contribution in [0.4, 0.5) is 18.9 Å². The van der Waals surface area contributed by atoms with E-state index in [1.165, 1.54) is 13.0 Å². The third kappa shape index (κ3) is 5.98. The van der Waals surface area contributed by atoms with Gasteiger partial charge in [-0.25, -0.2) is 0 Å². The number of benzene rings is 2. The summed E-state index contributed by atoms with van der Waals surface area (Å²) < 4.78 is 45.4. The second-order valence-electron chi connectivity index (χ2n) is 7.42. The van der Waals surface area contributed by atoms with Crippen LogP contribution in [0.25, 0.3) is 0 Å². The van der Waals surface area contributed by atoms with Gasteiger partial charge in [0.25, 0.3) is 0 Å². The van der Waals surface area contributed by atoms with Crippen molar-refractivity contribution < 1.29 is 17.9 Å². The summed E-state index contributed by atoms with van der Waals surface area (Å²) in [6, 6.07) is 11.6. The van der Waals surface area contributed by atoms with Gasteiger partial charge in [0.1, 0.15) is 11.8 Å². The maximum atomic E-state index is 13.3. The van der Waals surface area contributed by atoms with Crippen LogP contribution in [0.1, 0.15) is 32.3 Å². The molecular weight excluding hydrogens is 512 g/mol. The predicted molar refractivity (Wildman–Crippen MR) is 131 cm³/mol. The zero-order valence-corrected chi connectivity index (χ0v) is 20.5. The smallest absolute Gasteiger partial charge is 0.400 e. The zero-order valence-electron chi connectivity index (χ0n) is 18.3. The quantitative estimate of drug-likeness (QED) is 0.284. The summed E-state index contributed by atoms with van der Waals surface area (Å²) in [6.07, 6.45) is -3.59. The first-order valence-electron chi connectivity index (χ1n) is 10.4. The maximum Gasteiger partial charge on any atom is 0.400 e. The van der Waals surface area contributed by atoms with E-state index in [1.54, 1.807) is 47.4 Å². The largest absolute Gasteiger partial charge is 0.450 e. The summed E-state index contributed by atoms with van der Waals surface area (Å²) in [6.45, 7) is 3.27. The van der Waals surface area contributed by atoms with E-state index >= 15 is 0 Å². The molecule has 0 radical (unpaired) electrons. The molecule has 0 fully saturated rings. The summed E-state index contributed by atoms with van der Waals surface area (Å²) in [4.78, 5) is 1.62. The minimum Gasteiger partial charge on any atom is -0.450 e. The van der Waals surface area contributed by atoms with Crippen LogP contribution in [0.15, 0.2) is 59.3 Å². The van der Waals surface area contributed by atoms with Crippen LogP contribution in [0, 0.1) is 11.3 Å². The fraction of sp³-hybridized carbons (Fsp3) is 0.304. The molecule has 0 spiro atoms. The van der Waals surface area contributed by atoms with Crippen molar-refractivity contribution in [3.8, 4) is 0 Å². The molecule has 2 unspecified atom stereocenters. The average molecular weight is 534 g/mol. The monoisotopic (exact) mass is 532 g/mol. The predicted octanol–water partition coefficient (Wildman–Crippen LogP) is 7.62. The van der Waals surface area contributed by atoms with Gasteiger partial charge in [-0.2, -0.15) is 13.2 Å². The Morgan fingerprint density at radius 1 is 1.15 bits per heavy atom. The Kier molecular flexibility index (Phi) is 8.38. The summed E-state index contributed by atoms with van der Waals surface area (Å²) in [7, 11) is 0. The molecule has 34 heavy (non-hydrogen) atoms. The third-order valence-electron chi connectivity index (χ3n) is 5.14. The highest BCUT2D eigenvalue weighted by atomic mass is 35.5. The van der Waals surface area contributed by atoms with Crippen molar-refractivity contribution in [2.45, 2.75) is 39.1 Å². The molecule has 0 aromatic heterocycles. The number of hydrogen-bond donors (Lipinski definition) is 2. The Bertz CT molecular complexity index is 1100. The Hall–Kier alpha value is -2.42. The highest BCUT2D eigenvalue weighted by Gasteiger charge is 2.45. The number of amidine groups is 1. The summed E-state index contributed by atoms with van der Waals surface area (Å²) >= 11 is 18.4. The van der Waals surface area contributed by atoms with Crippen molar-refractivity contribution in [2.24, 2.45) is 11.0 Å². The fourth-order valence-corrected chi connectivity index (χ4v) is 4.07. The number of nitrogens with one attached hydrogen (secondary N) is 2. The third-order valence-corrected chi connectivity index (χ3v) is 5.94. The molecular formula is C23H22Cl3F3N4O. The molecule has 2 aromatic rings. The maximum absolute atomic E-state index is 13.3. The fourth-order valence-electron chi connectivity index (χ4n) is 3.44. The lowest BCUT2D eigenvalue weighted by Gasteiger charge is -2.29. The molecule has 0 saturated carbocycles. The number of nitrogens with zero attached hydrogens (tertiary/aromatic N) is 2. The Labute approximate surface area is 210 Å². The minimum absolute atomic E-state index is 0.0398. The molecule has 0 bridgehead atoms. The molecule has 2 aromatic carbocycles. The van der Waals surface area contributed by atoms with E-state index < -0.39 is 24.2 Å². The molecule has 1 aliphatic rings. The molecule has 2 N–H and O–H groups in total. The van der Waals surface area contributed by atoms with Crippen molar-refractivity contribution >= 4 is 52.2 Å². The topological polar surface area (TPSA) is 60.7 Å². The first-order valence-corrected chi connectivity index (χ1v) is 11.5. The van der Waals surface area contributed by atoms with Gasteiger partial charge in [-0.1, -0.05) is 48.7 Å². The molecule has 2 atom stereocenters. The lowest BCUT2D eigenvalue weighted by Crippen LogP contribution is -2.33. The molecule has 0 saturated heterocycles. The van der Waals surface area contributed by atoms with Crippen LogP contribution in [0.5, 0.6) is 0 Å². The normalized spacial score (nSPS) is 17.0. The number of allylic oxidation sites excluding steroid dienone is 1. The van der Waals surface area contributed by atoms with Gasteiger partial charge in [0.2, 0.25) is 12.1 Å². The van der Waals surface area contributed by atoms with Crippen LogP contribution in [-0.4, -0.2) is 24.1 Å². The van der Waals surface area contributed by atoms with Crippen LogP contribution in [0.3, 0.4) is 0 Å². The van der Waals surface area contributed by atoms with Gasteiger partial charge in [-0.15, -0.1) is 5.10 Å². The highest BCUT2D eigenvalue weighted by Crippen LogP contribution is 2.33. The van der Waals surface area contributed by atoms with E-state index in [4.69, 9.17) is 44.9 Å². The number of anilines is 1. The van der Waals surface area contributed by atoms with Crippen molar-refractivity contribution in [3.05, 3.63) is 74.9 Å². The van der Waals surface area contributed by atoms with Gasteiger partial charge in [-0.3, -0.25) is 15.7 Å². The van der Waals surface area contributed by atoms with Gasteiger partial charge in [0, 0.05) is 27.0 Å². The first-order chi connectivity index (χ1) is 16.0. The van der Waals surface area contributed by atoms with E-state index in [0.29, 0.717) is 33.4 Å². The molecule has 5 nitrogen and oxygen atoms in total. The van der Waals surface area contributed by atoms with E-state index in [-0.39, 0.29) is 17.3 Å². The molecule has 1 heterocycles. The van der Waals surface area contributed by atoms with E-state index in [1.807, 2.05) is 6.92 Å². The molecule has 182 valence electrons. The van der Waals surface area contributed by atoms with Crippen LogP contribution >= 0.6 is 34.8 Å². The molecule has 0 amide bonds. The zero-order chi connectivity index (χ0) is 25.0. The van der Waals surface area contributed by atoms with Gasteiger partial charge < -0.3 is 4.74 Å². The lowest BCUT2D eigenvalue weighted by atomic mass is 10.1. The Morgan fingerprint density at radius 2 is 1.79 bits per heavy atom. The lowest BCUT2D eigenvalue weighted by molar-refractivity contribution is -0.159. The van der Waals surface area contributed by atoms with Gasteiger partial charge in [0.05, 0.1) is 5.02 Å². The van der Waals surface area contributed by atoms with Crippen molar-refractivity contribution in [3.63, 3.8) is 0 Å². The van der Waals surface area contributed by atoms with Gasteiger partial charge in [-0.05, 0) is 61.4 Å². The number of hydrazone groups is 1. The standard InChI is InChI=1S/C23H22Cl3F3N4O/c1-3-15(12-20-31-32-22(34-20)18(4-2)23(27,28)29)33(16-8-5-13(24)6-9-16)21(30)17-10-7-14(25)11-19(17)26/h5-12,18,20,30-31H,3-4H2,1-2H3/b15-12+,30-21?. The van der Waals surface area contributed by atoms with Gasteiger partial charge in [0.15, 0.2) is 0 Å². The SMILES string of the molecule is CC/C(=C\C1NN=C(C(CC)C(F)(F)F)O1)N(C(=N)c1ccc(Cl)cc1Cl)c1ccc(Cl)cc1. The number of halogens is 6. The summed E-state index contributed by atoms with van der Waals surface area (Å²) in [5.41, 5.74) is 4.20. The molecule has 0 aliphatic carbocycles.